The number of nitrogens with two attached hydrogens (primary N) is 1. The number of H-pyrrole nitrogens is 1. The first kappa shape index (κ1) is 14.1. The number of amides is 1. The fourth-order valence-electron chi connectivity index (χ4n) is 3.30. The molecule has 0 aromatic carbocycles. The Bertz CT molecular complexity index is 853. The Labute approximate surface area is 124 Å². The van der Waals surface area contributed by atoms with Gasteiger partial charge in [0.2, 0.25) is 0 Å². The SMILES string of the molecule is Cc1c(C(N)=O)sc2[nH]c(=O)n(C3(C)CCCC3)c(=O)c12. The molecular formula is C14H17N3O3S. The molecule has 0 saturated heterocycles. The van der Waals surface area contributed by atoms with E-state index in [1.807, 2.05) is 6.92 Å². The Hall–Kier alpha value is -1.89. The van der Waals surface area contributed by atoms with Gasteiger partial charge in [-0.2, -0.15) is 0 Å². The number of carbonyl (C=O) groups is 1. The molecule has 0 bridgehead atoms. The highest BCUT2D eigenvalue weighted by atomic mass is 32.1. The third-order valence-corrected chi connectivity index (χ3v) is 5.65. The summed E-state index contributed by atoms with van der Waals surface area (Å²) in [7, 11) is 0. The van der Waals surface area contributed by atoms with Crippen LogP contribution in [-0.2, 0) is 5.54 Å². The third-order valence-electron chi connectivity index (χ3n) is 4.43. The lowest BCUT2D eigenvalue weighted by Gasteiger charge is -2.25. The summed E-state index contributed by atoms with van der Waals surface area (Å²) >= 11 is 1.07. The van der Waals surface area contributed by atoms with Crippen LogP contribution in [0.4, 0.5) is 0 Å². The maximum Gasteiger partial charge on any atom is 0.329 e. The van der Waals surface area contributed by atoms with Crippen LogP contribution in [0.2, 0.25) is 0 Å². The van der Waals surface area contributed by atoms with Gasteiger partial charge in [-0.15, -0.1) is 11.3 Å². The monoisotopic (exact) mass is 307 g/mol. The number of aromatic nitrogens is 2. The maximum absolute atomic E-state index is 12.8. The minimum atomic E-state index is -0.576. The van der Waals surface area contributed by atoms with Crippen molar-refractivity contribution in [2.24, 2.45) is 5.73 Å². The van der Waals surface area contributed by atoms with Crippen molar-refractivity contribution in [2.75, 3.05) is 0 Å². The average molecular weight is 307 g/mol. The fourth-order valence-corrected chi connectivity index (χ4v) is 4.34. The fraction of sp³-hybridized carbons (Fsp3) is 0.500. The lowest BCUT2D eigenvalue weighted by molar-refractivity contribution is 0.100. The Morgan fingerprint density at radius 3 is 2.52 bits per heavy atom. The molecule has 1 aliphatic carbocycles. The van der Waals surface area contributed by atoms with E-state index in [2.05, 4.69) is 4.98 Å². The second-order valence-electron chi connectivity index (χ2n) is 5.90. The van der Waals surface area contributed by atoms with Crippen molar-refractivity contribution >= 4 is 27.5 Å². The van der Waals surface area contributed by atoms with Crippen LogP contribution in [0.15, 0.2) is 9.59 Å². The number of nitrogens with zero attached hydrogens (tertiary/aromatic N) is 1. The van der Waals surface area contributed by atoms with E-state index in [-0.39, 0.29) is 5.56 Å². The molecule has 3 rings (SSSR count). The van der Waals surface area contributed by atoms with Crippen LogP contribution >= 0.6 is 11.3 Å². The Kier molecular flexibility index (Phi) is 3.05. The number of primary amides is 1. The van der Waals surface area contributed by atoms with Gasteiger partial charge in [0.05, 0.1) is 10.3 Å². The van der Waals surface area contributed by atoms with Gasteiger partial charge in [0.15, 0.2) is 0 Å². The van der Waals surface area contributed by atoms with E-state index < -0.39 is 17.1 Å². The highest BCUT2D eigenvalue weighted by Gasteiger charge is 2.34. The Balaban J connectivity index is 2.38. The molecule has 21 heavy (non-hydrogen) atoms. The number of aryl methyl sites for hydroxylation is 1. The molecule has 1 amide bonds. The molecule has 0 unspecified atom stereocenters. The zero-order valence-electron chi connectivity index (χ0n) is 12.0. The number of rotatable bonds is 2. The zero-order chi connectivity index (χ0) is 15.4. The number of thiophene rings is 1. The summed E-state index contributed by atoms with van der Waals surface area (Å²) in [4.78, 5) is 40.0. The number of aromatic amines is 1. The van der Waals surface area contributed by atoms with Crippen molar-refractivity contribution in [1.82, 2.24) is 9.55 Å². The second kappa shape index (κ2) is 4.56. The molecule has 2 aromatic heterocycles. The summed E-state index contributed by atoms with van der Waals surface area (Å²) in [6, 6.07) is 0. The first-order chi connectivity index (χ1) is 9.85. The highest BCUT2D eigenvalue weighted by molar-refractivity contribution is 7.20. The first-order valence-corrected chi connectivity index (χ1v) is 7.75. The molecule has 2 aromatic rings. The molecule has 112 valence electrons. The topological polar surface area (TPSA) is 97.9 Å². The van der Waals surface area contributed by atoms with Crippen LogP contribution in [0, 0.1) is 6.92 Å². The maximum atomic E-state index is 12.8. The summed E-state index contributed by atoms with van der Waals surface area (Å²) in [5, 5.41) is 0.404. The molecule has 0 spiro atoms. The van der Waals surface area contributed by atoms with Crippen molar-refractivity contribution in [3.8, 4) is 0 Å². The smallest absolute Gasteiger partial charge is 0.329 e. The number of hydrogen-bond acceptors (Lipinski definition) is 4. The largest absolute Gasteiger partial charge is 0.365 e. The predicted molar refractivity (Wildman–Crippen MR) is 82.1 cm³/mol. The normalized spacial score (nSPS) is 17.4. The molecule has 1 fully saturated rings. The van der Waals surface area contributed by atoms with Crippen molar-refractivity contribution < 1.29 is 4.79 Å². The first-order valence-electron chi connectivity index (χ1n) is 6.94. The number of carbonyl (C=O) groups excluding carboxylic acids is 1. The van der Waals surface area contributed by atoms with Crippen molar-refractivity contribution in [1.29, 1.82) is 0 Å². The molecule has 0 radical (unpaired) electrons. The molecule has 1 saturated carbocycles. The standard InChI is InChI=1S/C14H17N3O3S/c1-7-8-11(21-9(7)10(15)18)16-13(20)17(12(8)19)14(2)5-3-4-6-14/h3-6H2,1-2H3,(H2,15,18)(H,16,20). The Morgan fingerprint density at radius 2 is 1.95 bits per heavy atom. The van der Waals surface area contributed by atoms with E-state index >= 15 is 0 Å². The summed E-state index contributed by atoms with van der Waals surface area (Å²) in [6.45, 7) is 3.64. The molecular weight excluding hydrogens is 290 g/mol. The number of nitrogens with one attached hydrogen (secondary N) is 1. The van der Waals surface area contributed by atoms with Gasteiger partial charge >= 0.3 is 5.69 Å². The average Bonchev–Trinajstić information content (AvgIpc) is 2.94. The summed E-state index contributed by atoms with van der Waals surface area (Å²) in [5.41, 5.74) is 4.71. The van der Waals surface area contributed by atoms with Gasteiger partial charge in [0, 0.05) is 5.54 Å². The summed E-state index contributed by atoms with van der Waals surface area (Å²) in [5.74, 6) is -0.576. The van der Waals surface area contributed by atoms with Crippen LogP contribution < -0.4 is 17.0 Å². The third kappa shape index (κ3) is 1.95. The van der Waals surface area contributed by atoms with Crippen molar-refractivity contribution in [2.45, 2.75) is 45.1 Å². The summed E-state index contributed by atoms with van der Waals surface area (Å²) in [6.07, 6.45) is 3.64. The van der Waals surface area contributed by atoms with Gasteiger partial charge in [-0.1, -0.05) is 12.8 Å². The summed E-state index contributed by atoms with van der Waals surface area (Å²) < 4.78 is 1.33. The van der Waals surface area contributed by atoms with Crippen LogP contribution in [0.5, 0.6) is 0 Å². The van der Waals surface area contributed by atoms with Gasteiger partial charge in [-0.3, -0.25) is 19.1 Å². The van der Waals surface area contributed by atoms with Gasteiger partial charge in [0.25, 0.3) is 11.5 Å². The van der Waals surface area contributed by atoms with Crippen LogP contribution in [0.3, 0.4) is 0 Å². The van der Waals surface area contributed by atoms with Gasteiger partial charge in [-0.25, -0.2) is 4.79 Å². The lowest BCUT2D eigenvalue weighted by Crippen LogP contribution is -2.46. The van der Waals surface area contributed by atoms with E-state index in [4.69, 9.17) is 5.73 Å². The molecule has 7 heteroatoms. The van der Waals surface area contributed by atoms with Crippen molar-refractivity contribution in [3.63, 3.8) is 0 Å². The quantitative estimate of drug-likeness (QED) is 0.878. The molecule has 0 aliphatic heterocycles. The van der Waals surface area contributed by atoms with E-state index in [1.165, 1.54) is 4.57 Å². The molecule has 6 nitrogen and oxygen atoms in total. The van der Waals surface area contributed by atoms with Crippen LogP contribution in [0.1, 0.15) is 47.8 Å². The number of fused-ring (bicyclic) bond motifs is 1. The predicted octanol–water partition coefficient (Wildman–Crippen LogP) is 1.45. The lowest BCUT2D eigenvalue weighted by atomic mass is 10.00. The van der Waals surface area contributed by atoms with Gasteiger partial charge in [0.1, 0.15) is 4.83 Å². The highest BCUT2D eigenvalue weighted by Crippen LogP contribution is 2.35. The van der Waals surface area contributed by atoms with E-state index in [0.717, 1.165) is 37.0 Å². The zero-order valence-corrected chi connectivity index (χ0v) is 12.8. The number of hydrogen-bond donors (Lipinski definition) is 2. The molecule has 3 N–H and O–H groups in total. The van der Waals surface area contributed by atoms with Crippen LogP contribution in [-0.4, -0.2) is 15.5 Å². The van der Waals surface area contributed by atoms with Gasteiger partial charge < -0.3 is 5.73 Å². The molecule has 1 aliphatic rings. The second-order valence-corrected chi connectivity index (χ2v) is 6.92. The molecule has 2 heterocycles. The van der Waals surface area contributed by atoms with Crippen molar-refractivity contribution in [3.05, 3.63) is 31.3 Å². The molecule has 0 atom stereocenters. The van der Waals surface area contributed by atoms with Crippen LogP contribution in [0.25, 0.3) is 10.2 Å². The van der Waals surface area contributed by atoms with E-state index in [0.29, 0.717) is 20.7 Å². The van der Waals surface area contributed by atoms with E-state index in [1.54, 1.807) is 6.92 Å². The van der Waals surface area contributed by atoms with E-state index in [9.17, 15) is 14.4 Å². The minimum Gasteiger partial charge on any atom is -0.365 e. The minimum absolute atomic E-state index is 0.320. The van der Waals surface area contributed by atoms with Gasteiger partial charge in [-0.05, 0) is 32.3 Å². The Morgan fingerprint density at radius 1 is 1.33 bits per heavy atom.